The quantitative estimate of drug-likeness (QED) is 0.183. The third-order valence-corrected chi connectivity index (χ3v) is 12.9. The molecule has 5 unspecified atom stereocenters. The predicted molar refractivity (Wildman–Crippen MR) is 210 cm³/mol. The van der Waals surface area contributed by atoms with E-state index in [-0.39, 0.29) is 5.41 Å². The van der Waals surface area contributed by atoms with Crippen LogP contribution < -0.4 is 0 Å². The van der Waals surface area contributed by atoms with E-state index < -0.39 is 0 Å². The number of aromatic nitrogens is 3. The van der Waals surface area contributed by atoms with Gasteiger partial charge in [-0.05, 0) is 112 Å². The van der Waals surface area contributed by atoms with Crippen LogP contribution in [-0.2, 0) is 5.41 Å². The molecule has 3 nitrogen and oxygen atoms in total. The standard InChI is InChI=1S/C49H39N3/c1-31-24-38-29-48(28-31)30-43(48)49(38)42-23-12-11-20-40(42)41-22-13-21-39(44(41)49)36-25-35(32-14-5-2-6-15-32)26-37(27-36)47-51-45(33-16-7-3-8-17-33)50-46(52-47)34-18-9-4-10-19-34/h2-23,25-27,31,38,43H,24,28-30H2,1H3. The fourth-order valence-electron chi connectivity index (χ4n) is 11.1. The third-order valence-electron chi connectivity index (χ3n) is 12.9. The van der Waals surface area contributed by atoms with Crippen LogP contribution in [-0.4, -0.2) is 15.0 Å². The van der Waals surface area contributed by atoms with E-state index in [2.05, 4.69) is 122 Å². The van der Waals surface area contributed by atoms with Gasteiger partial charge >= 0.3 is 0 Å². The summed E-state index contributed by atoms with van der Waals surface area (Å²) in [6, 6.07) is 54.8. The second kappa shape index (κ2) is 11.2. The molecule has 6 aromatic carbocycles. The first-order chi connectivity index (χ1) is 25.6. The lowest BCUT2D eigenvalue weighted by Gasteiger charge is -2.40. The van der Waals surface area contributed by atoms with Crippen LogP contribution in [0, 0.1) is 23.2 Å². The lowest BCUT2D eigenvalue weighted by molar-refractivity contribution is 0.202. The minimum atomic E-state index is 0.0598. The molecule has 11 rings (SSSR count). The molecule has 4 aliphatic carbocycles. The zero-order chi connectivity index (χ0) is 34.4. The number of benzene rings is 6. The fraction of sp³-hybridized carbons (Fsp3) is 0.204. The van der Waals surface area contributed by atoms with Crippen molar-refractivity contribution in [1.82, 2.24) is 15.0 Å². The van der Waals surface area contributed by atoms with Crippen LogP contribution >= 0.6 is 0 Å². The van der Waals surface area contributed by atoms with E-state index in [9.17, 15) is 0 Å². The Labute approximate surface area is 305 Å². The van der Waals surface area contributed by atoms with E-state index >= 15 is 0 Å². The average molecular weight is 670 g/mol. The summed E-state index contributed by atoms with van der Waals surface area (Å²) < 4.78 is 0. The maximum Gasteiger partial charge on any atom is 0.164 e. The van der Waals surface area contributed by atoms with Gasteiger partial charge in [-0.25, -0.2) is 15.0 Å². The molecule has 4 aliphatic rings. The molecule has 1 heterocycles. The molecule has 0 aliphatic heterocycles. The van der Waals surface area contributed by atoms with Crippen molar-refractivity contribution in [3.8, 4) is 67.5 Å². The summed E-state index contributed by atoms with van der Waals surface area (Å²) in [5.74, 6) is 4.20. The maximum absolute atomic E-state index is 5.19. The number of hydrogen-bond acceptors (Lipinski definition) is 3. The van der Waals surface area contributed by atoms with Gasteiger partial charge in [0.15, 0.2) is 17.5 Å². The number of nitrogens with zero attached hydrogens (tertiary/aromatic N) is 3. The SMILES string of the molecule is CC1CC2CC3(C1)CC3C21c2ccccc2-c2cccc(-c3cc(-c4ccccc4)cc(-c4nc(-c5ccccc5)nc(-c5ccccc5)n4)c3)c21. The molecule has 52 heavy (non-hydrogen) atoms. The van der Waals surface area contributed by atoms with Crippen molar-refractivity contribution in [3.63, 3.8) is 0 Å². The molecule has 0 saturated heterocycles. The molecule has 250 valence electrons. The highest BCUT2D eigenvalue weighted by molar-refractivity contribution is 5.91. The van der Waals surface area contributed by atoms with Crippen LogP contribution in [0.1, 0.15) is 43.7 Å². The van der Waals surface area contributed by atoms with Gasteiger partial charge in [-0.15, -0.1) is 0 Å². The second-order valence-corrected chi connectivity index (χ2v) is 15.9. The van der Waals surface area contributed by atoms with E-state index in [4.69, 9.17) is 15.0 Å². The van der Waals surface area contributed by atoms with Crippen LogP contribution in [0.4, 0.5) is 0 Å². The average Bonchev–Trinajstić information content (AvgIpc) is 3.73. The summed E-state index contributed by atoms with van der Waals surface area (Å²) >= 11 is 0. The molecule has 2 bridgehead atoms. The van der Waals surface area contributed by atoms with Crippen molar-refractivity contribution >= 4 is 0 Å². The van der Waals surface area contributed by atoms with Crippen molar-refractivity contribution < 1.29 is 0 Å². The Morgan fingerprint density at radius 2 is 1.00 bits per heavy atom. The summed E-state index contributed by atoms with van der Waals surface area (Å²) in [6.07, 6.45) is 5.43. The Balaban J connectivity index is 1.16. The number of fused-ring (bicyclic) bond motifs is 8. The van der Waals surface area contributed by atoms with Crippen molar-refractivity contribution in [2.24, 2.45) is 23.2 Å². The van der Waals surface area contributed by atoms with E-state index in [1.165, 1.54) is 59.1 Å². The lowest BCUT2D eigenvalue weighted by atomic mass is 9.63. The minimum Gasteiger partial charge on any atom is -0.208 e. The Morgan fingerprint density at radius 1 is 0.462 bits per heavy atom. The van der Waals surface area contributed by atoms with E-state index in [0.717, 1.165) is 22.6 Å². The molecule has 3 saturated carbocycles. The zero-order valence-corrected chi connectivity index (χ0v) is 29.3. The lowest BCUT2D eigenvalue weighted by Crippen LogP contribution is -2.35. The highest BCUT2D eigenvalue weighted by Crippen LogP contribution is 2.82. The summed E-state index contributed by atoms with van der Waals surface area (Å²) in [7, 11) is 0. The van der Waals surface area contributed by atoms with E-state index in [1.54, 1.807) is 11.1 Å². The van der Waals surface area contributed by atoms with Gasteiger partial charge in [0.2, 0.25) is 0 Å². The van der Waals surface area contributed by atoms with Crippen LogP contribution in [0.15, 0.2) is 152 Å². The van der Waals surface area contributed by atoms with Crippen LogP contribution in [0.25, 0.3) is 67.5 Å². The molecule has 5 atom stereocenters. The minimum absolute atomic E-state index is 0.0598. The van der Waals surface area contributed by atoms with Gasteiger partial charge in [0, 0.05) is 22.1 Å². The Morgan fingerprint density at radius 3 is 1.69 bits per heavy atom. The molecule has 3 heteroatoms. The fourth-order valence-corrected chi connectivity index (χ4v) is 11.1. The molecule has 3 fully saturated rings. The number of hydrogen-bond donors (Lipinski definition) is 0. The molecule has 2 spiro atoms. The molecule has 0 N–H and O–H groups in total. The van der Waals surface area contributed by atoms with Gasteiger partial charge in [-0.3, -0.25) is 0 Å². The molecule has 0 radical (unpaired) electrons. The molecule has 0 amide bonds. The van der Waals surface area contributed by atoms with Gasteiger partial charge in [0.05, 0.1) is 0 Å². The predicted octanol–water partition coefficient (Wildman–Crippen LogP) is 11.9. The van der Waals surface area contributed by atoms with Crippen molar-refractivity contribution in [3.05, 3.63) is 163 Å². The summed E-state index contributed by atoms with van der Waals surface area (Å²) in [5.41, 5.74) is 14.5. The van der Waals surface area contributed by atoms with E-state index in [1.807, 2.05) is 36.4 Å². The highest BCUT2D eigenvalue weighted by Gasteiger charge is 2.76. The van der Waals surface area contributed by atoms with E-state index in [0.29, 0.717) is 34.7 Å². The smallest absolute Gasteiger partial charge is 0.164 e. The second-order valence-electron chi connectivity index (χ2n) is 15.9. The summed E-state index contributed by atoms with van der Waals surface area (Å²) in [5, 5.41) is 0. The molecular weight excluding hydrogens is 631 g/mol. The molecule has 1 aromatic heterocycles. The van der Waals surface area contributed by atoms with Crippen LogP contribution in [0.5, 0.6) is 0 Å². The largest absolute Gasteiger partial charge is 0.208 e. The van der Waals surface area contributed by atoms with Crippen molar-refractivity contribution in [2.45, 2.75) is 38.0 Å². The summed E-state index contributed by atoms with van der Waals surface area (Å²) in [4.78, 5) is 15.4. The Bertz CT molecular complexity index is 2450. The first kappa shape index (κ1) is 30.0. The topological polar surface area (TPSA) is 38.7 Å². The zero-order valence-electron chi connectivity index (χ0n) is 29.3. The monoisotopic (exact) mass is 669 g/mol. The molecular formula is C49H39N3. The third kappa shape index (κ3) is 4.35. The van der Waals surface area contributed by atoms with Gasteiger partial charge < -0.3 is 0 Å². The first-order valence-electron chi connectivity index (χ1n) is 18.9. The van der Waals surface area contributed by atoms with Crippen LogP contribution in [0.2, 0.25) is 0 Å². The highest BCUT2D eigenvalue weighted by atomic mass is 15.0. The van der Waals surface area contributed by atoms with Crippen molar-refractivity contribution in [2.75, 3.05) is 0 Å². The van der Waals surface area contributed by atoms with Gasteiger partial charge in [-0.2, -0.15) is 0 Å². The van der Waals surface area contributed by atoms with Crippen LogP contribution in [0.3, 0.4) is 0 Å². The van der Waals surface area contributed by atoms with Gasteiger partial charge in [0.25, 0.3) is 0 Å². The number of rotatable bonds is 5. The van der Waals surface area contributed by atoms with Gasteiger partial charge in [-0.1, -0.05) is 140 Å². The summed E-state index contributed by atoms with van der Waals surface area (Å²) in [6.45, 7) is 2.51. The first-order valence-corrected chi connectivity index (χ1v) is 18.9. The Hall–Kier alpha value is -5.67. The van der Waals surface area contributed by atoms with Crippen molar-refractivity contribution in [1.29, 1.82) is 0 Å². The normalized spacial score (nSPS) is 24.7. The van der Waals surface area contributed by atoms with Gasteiger partial charge in [0.1, 0.15) is 0 Å². The molecule has 7 aromatic rings. The maximum atomic E-state index is 5.19. The Kier molecular flexibility index (Phi) is 6.44.